The van der Waals surface area contributed by atoms with Crippen LogP contribution in [0.25, 0.3) is 0 Å². The first-order valence-electron chi connectivity index (χ1n) is 10.3. The van der Waals surface area contributed by atoms with E-state index in [0.29, 0.717) is 26.2 Å². The molecule has 1 saturated heterocycles. The van der Waals surface area contributed by atoms with Gasteiger partial charge in [-0.2, -0.15) is 17.5 Å². The molecule has 0 radical (unpaired) electrons. The van der Waals surface area contributed by atoms with Gasteiger partial charge >= 0.3 is 12.1 Å². The minimum atomic E-state index is -5.08. The van der Waals surface area contributed by atoms with E-state index in [1.165, 1.54) is 4.31 Å². The third-order valence-electron chi connectivity index (χ3n) is 4.74. The number of piperazine rings is 1. The smallest absolute Gasteiger partial charge is 0.475 e. The standard InChI is InChI=1S/C18H30N4O3S.C2HF3O2/c1-16-4-6-17(7-5-16)26(24,25)22(15-14-20(2)3)11-8-18(23)21-12-9-19-10-13-21;3-2(4,5)1(6)7/h4-7,19H,8-15H2,1-3H3;(H,6,7). The molecule has 1 aliphatic rings. The summed E-state index contributed by atoms with van der Waals surface area (Å²) in [5, 5.41) is 10.3. The number of amides is 1. The van der Waals surface area contributed by atoms with Gasteiger partial charge in [0.15, 0.2) is 0 Å². The summed E-state index contributed by atoms with van der Waals surface area (Å²) in [7, 11) is 0.194. The zero-order valence-corrected chi connectivity index (χ0v) is 19.7. The Balaban J connectivity index is 0.000000675. The van der Waals surface area contributed by atoms with Crippen molar-refractivity contribution in [3.8, 4) is 0 Å². The van der Waals surface area contributed by atoms with Crippen LogP contribution in [0.4, 0.5) is 13.2 Å². The molecule has 0 spiro atoms. The summed E-state index contributed by atoms with van der Waals surface area (Å²) in [6.07, 6.45) is -4.88. The normalized spacial score (nSPS) is 14.7. The zero-order chi connectivity index (χ0) is 25.2. The van der Waals surface area contributed by atoms with Crippen molar-refractivity contribution in [3.63, 3.8) is 0 Å². The predicted molar refractivity (Wildman–Crippen MR) is 116 cm³/mol. The van der Waals surface area contributed by atoms with Gasteiger partial charge in [0, 0.05) is 52.2 Å². The first kappa shape index (κ1) is 28.8. The molecule has 2 N–H and O–H groups in total. The number of hydrogen-bond donors (Lipinski definition) is 2. The largest absolute Gasteiger partial charge is 0.490 e. The Hall–Kier alpha value is -2.22. The van der Waals surface area contributed by atoms with E-state index in [4.69, 9.17) is 9.90 Å². The molecule has 1 fully saturated rings. The number of aryl methyl sites for hydroxylation is 1. The summed E-state index contributed by atoms with van der Waals surface area (Å²) in [5.41, 5.74) is 1.01. The van der Waals surface area contributed by atoms with Gasteiger partial charge in [0.05, 0.1) is 4.90 Å². The Morgan fingerprint density at radius 1 is 1.06 bits per heavy atom. The lowest BCUT2D eigenvalue weighted by molar-refractivity contribution is -0.192. The van der Waals surface area contributed by atoms with Crippen molar-refractivity contribution in [2.75, 3.05) is 59.9 Å². The van der Waals surface area contributed by atoms with Gasteiger partial charge < -0.3 is 20.2 Å². The minimum Gasteiger partial charge on any atom is -0.475 e. The van der Waals surface area contributed by atoms with Crippen molar-refractivity contribution in [2.45, 2.75) is 24.4 Å². The average molecular weight is 497 g/mol. The molecule has 0 atom stereocenters. The van der Waals surface area contributed by atoms with Crippen LogP contribution in [0.15, 0.2) is 29.2 Å². The van der Waals surface area contributed by atoms with Crippen LogP contribution >= 0.6 is 0 Å². The van der Waals surface area contributed by atoms with Gasteiger partial charge in [-0.25, -0.2) is 13.2 Å². The van der Waals surface area contributed by atoms with Crippen LogP contribution in [0.2, 0.25) is 0 Å². The molecule has 0 unspecified atom stereocenters. The van der Waals surface area contributed by atoms with E-state index >= 15 is 0 Å². The number of likely N-dealkylation sites (N-methyl/N-ethyl adjacent to an activating group) is 1. The van der Waals surface area contributed by atoms with Gasteiger partial charge in [-0.15, -0.1) is 0 Å². The molecular weight excluding hydrogens is 465 g/mol. The lowest BCUT2D eigenvalue weighted by atomic mass is 10.2. The maximum Gasteiger partial charge on any atom is 0.490 e. The third kappa shape index (κ3) is 10.1. The highest BCUT2D eigenvalue weighted by Crippen LogP contribution is 2.17. The van der Waals surface area contributed by atoms with Crippen LogP contribution in [-0.4, -0.2) is 106 Å². The van der Waals surface area contributed by atoms with Crippen molar-refractivity contribution in [1.82, 2.24) is 19.4 Å². The molecule has 188 valence electrons. The summed E-state index contributed by atoms with van der Waals surface area (Å²) in [6, 6.07) is 6.85. The number of nitrogens with zero attached hydrogens (tertiary/aromatic N) is 3. The van der Waals surface area contributed by atoms with Crippen LogP contribution in [0.1, 0.15) is 12.0 Å². The van der Waals surface area contributed by atoms with E-state index in [0.717, 1.165) is 18.7 Å². The predicted octanol–water partition coefficient (Wildman–Crippen LogP) is 1.00. The van der Waals surface area contributed by atoms with Crippen molar-refractivity contribution >= 4 is 21.9 Å². The molecule has 1 amide bonds. The highest BCUT2D eigenvalue weighted by atomic mass is 32.2. The fourth-order valence-corrected chi connectivity index (χ4v) is 4.25. The van der Waals surface area contributed by atoms with Crippen LogP contribution in [0, 0.1) is 6.92 Å². The van der Waals surface area contributed by atoms with E-state index in [9.17, 15) is 26.4 Å². The van der Waals surface area contributed by atoms with Crippen molar-refractivity contribution in [3.05, 3.63) is 29.8 Å². The lowest BCUT2D eigenvalue weighted by Gasteiger charge is -2.29. The number of carbonyl (C=O) groups is 2. The van der Waals surface area contributed by atoms with E-state index in [2.05, 4.69) is 5.32 Å². The summed E-state index contributed by atoms with van der Waals surface area (Å²) in [5.74, 6) is -2.74. The van der Waals surface area contributed by atoms with Crippen LogP contribution < -0.4 is 5.32 Å². The molecule has 0 bridgehead atoms. The molecule has 1 aromatic carbocycles. The summed E-state index contributed by atoms with van der Waals surface area (Å²) >= 11 is 0. The number of benzene rings is 1. The van der Waals surface area contributed by atoms with Gasteiger partial charge in [-0.05, 0) is 33.2 Å². The molecule has 1 aromatic rings. The van der Waals surface area contributed by atoms with E-state index in [-0.39, 0.29) is 23.8 Å². The minimum absolute atomic E-state index is 0.0143. The SMILES string of the molecule is Cc1ccc(S(=O)(=O)N(CCC(=O)N2CCNCC2)CCN(C)C)cc1.O=C(O)C(F)(F)F. The summed E-state index contributed by atoms with van der Waals surface area (Å²) in [6.45, 7) is 6.03. The third-order valence-corrected chi connectivity index (χ3v) is 6.66. The average Bonchev–Trinajstić information content (AvgIpc) is 2.73. The number of nitrogens with one attached hydrogen (secondary N) is 1. The number of carboxylic acid groups (broad SMARTS) is 1. The summed E-state index contributed by atoms with van der Waals surface area (Å²) < 4.78 is 59.2. The number of alkyl halides is 3. The van der Waals surface area contributed by atoms with Crippen LogP contribution in [0.5, 0.6) is 0 Å². The monoisotopic (exact) mass is 496 g/mol. The molecule has 13 heteroatoms. The van der Waals surface area contributed by atoms with Crippen molar-refractivity contribution in [1.29, 1.82) is 0 Å². The molecule has 1 heterocycles. The molecule has 9 nitrogen and oxygen atoms in total. The van der Waals surface area contributed by atoms with Crippen molar-refractivity contribution < 1.29 is 36.3 Å². The fraction of sp³-hybridized carbons (Fsp3) is 0.600. The Kier molecular flexibility index (Phi) is 11.2. The molecule has 0 saturated carbocycles. The number of carboxylic acids is 1. The highest BCUT2D eigenvalue weighted by molar-refractivity contribution is 7.89. The first-order chi connectivity index (χ1) is 15.2. The molecular formula is C20H31F3N4O5S. The molecule has 1 aliphatic heterocycles. The molecule has 2 rings (SSSR count). The van der Waals surface area contributed by atoms with Gasteiger partial charge in [0.2, 0.25) is 15.9 Å². The van der Waals surface area contributed by atoms with Crippen LogP contribution in [-0.2, 0) is 19.6 Å². The number of rotatable bonds is 8. The Labute approximate surface area is 192 Å². The number of halogens is 3. The van der Waals surface area contributed by atoms with Crippen LogP contribution in [0.3, 0.4) is 0 Å². The first-order valence-corrected chi connectivity index (χ1v) is 11.7. The van der Waals surface area contributed by atoms with Gasteiger partial charge in [0.1, 0.15) is 0 Å². The lowest BCUT2D eigenvalue weighted by Crippen LogP contribution is -2.47. The fourth-order valence-electron chi connectivity index (χ4n) is 2.82. The van der Waals surface area contributed by atoms with E-state index < -0.39 is 22.2 Å². The van der Waals surface area contributed by atoms with E-state index in [1.54, 1.807) is 29.2 Å². The van der Waals surface area contributed by atoms with Gasteiger partial charge in [-0.3, -0.25) is 4.79 Å². The second kappa shape index (κ2) is 12.9. The molecule has 0 aromatic heterocycles. The number of carbonyl (C=O) groups excluding carboxylic acids is 1. The molecule has 33 heavy (non-hydrogen) atoms. The quantitative estimate of drug-likeness (QED) is 0.553. The van der Waals surface area contributed by atoms with Crippen molar-refractivity contribution in [2.24, 2.45) is 0 Å². The maximum atomic E-state index is 13.0. The Morgan fingerprint density at radius 2 is 1.58 bits per heavy atom. The highest BCUT2D eigenvalue weighted by Gasteiger charge is 2.38. The second-order valence-corrected chi connectivity index (χ2v) is 9.64. The number of hydrogen-bond acceptors (Lipinski definition) is 6. The maximum absolute atomic E-state index is 13.0. The number of aliphatic carboxylic acids is 1. The Morgan fingerprint density at radius 3 is 2.03 bits per heavy atom. The molecule has 0 aliphatic carbocycles. The second-order valence-electron chi connectivity index (χ2n) is 7.70. The summed E-state index contributed by atoms with van der Waals surface area (Å²) in [4.78, 5) is 25.3. The van der Waals surface area contributed by atoms with Gasteiger partial charge in [0.25, 0.3) is 0 Å². The number of sulfonamides is 1. The topological polar surface area (TPSA) is 110 Å². The van der Waals surface area contributed by atoms with E-state index in [1.807, 2.05) is 25.9 Å². The van der Waals surface area contributed by atoms with Gasteiger partial charge in [-0.1, -0.05) is 17.7 Å². The zero-order valence-electron chi connectivity index (χ0n) is 18.9. The Bertz CT molecular complexity index is 871.